The Hall–Kier alpha value is -1.76. The van der Waals surface area contributed by atoms with Crippen LogP contribution >= 0.6 is 11.3 Å². The minimum atomic E-state index is -0.519. The lowest BCUT2D eigenvalue weighted by molar-refractivity contribution is 0.0496. The van der Waals surface area contributed by atoms with E-state index >= 15 is 0 Å². The quantitative estimate of drug-likeness (QED) is 0.345. The monoisotopic (exact) mass is 297 g/mol. The summed E-state index contributed by atoms with van der Waals surface area (Å²) in [4.78, 5) is 12.9. The molecule has 0 bridgehead atoms. The van der Waals surface area contributed by atoms with Gasteiger partial charge >= 0.3 is 6.09 Å². The molecular weight excluding hydrogens is 278 g/mol. The number of carbonyl (C=O) groups is 1. The number of rotatable bonds is 3. The molecule has 0 aromatic carbocycles. The first kappa shape index (κ1) is 14.6. The van der Waals surface area contributed by atoms with Crippen LogP contribution in [0.5, 0.6) is 0 Å². The van der Waals surface area contributed by atoms with Gasteiger partial charge in [-0.2, -0.15) is 0 Å². The molecule has 1 fully saturated rings. The fourth-order valence-corrected chi connectivity index (χ4v) is 2.95. The molecule has 0 aliphatic heterocycles. The van der Waals surface area contributed by atoms with E-state index in [1.165, 1.54) is 11.3 Å². The fraction of sp³-hybridized carbons (Fsp3) is 0.538. The van der Waals surface area contributed by atoms with Gasteiger partial charge in [-0.05, 0) is 39.7 Å². The summed E-state index contributed by atoms with van der Waals surface area (Å²) < 4.78 is 5.28. The Morgan fingerprint density at radius 2 is 2.20 bits per heavy atom. The number of carbonyl (C=O) groups excluding carboxylic acids is 1. The normalized spacial score (nSPS) is 17.6. The molecule has 1 aromatic rings. The predicted octanol–water partition coefficient (Wildman–Crippen LogP) is 2.36. The highest BCUT2D eigenvalue weighted by Gasteiger charge is 2.47. The summed E-state index contributed by atoms with van der Waals surface area (Å²) in [6.07, 6.45) is 1.30. The number of ether oxygens (including phenoxy) is 1. The maximum absolute atomic E-state index is 11.9. The third-order valence-corrected chi connectivity index (χ3v) is 4.10. The Labute approximate surface area is 121 Å². The van der Waals surface area contributed by atoms with Crippen LogP contribution in [0.3, 0.4) is 0 Å². The molecule has 1 amide bonds. The average molecular weight is 297 g/mol. The third-order valence-electron chi connectivity index (χ3n) is 2.96. The van der Waals surface area contributed by atoms with Crippen LogP contribution < -0.4 is 11.1 Å². The largest absolute Gasteiger partial charge is 0.444 e. The van der Waals surface area contributed by atoms with Gasteiger partial charge in [0.05, 0.1) is 5.54 Å². The van der Waals surface area contributed by atoms with Gasteiger partial charge in [0, 0.05) is 15.8 Å². The van der Waals surface area contributed by atoms with E-state index in [1.807, 2.05) is 26.8 Å². The Bertz CT molecular complexity index is 541. The summed E-state index contributed by atoms with van der Waals surface area (Å²) in [5, 5.41) is 16.4. The number of amides is 1. The Morgan fingerprint density at radius 1 is 1.55 bits per heavy atom. The van der Waals surface area contributed by atoms with E-state index in [1.54, 1.807) is 5.38 Å². The second-order valence-corrected chi connectivity index (χ2v) is 6.81. The molecule has 1 aliphatic carbocycles. The molecule has 1 aromatic heterocycles. The molecule has 1 heterocycles. The summed E-state index contributed by atoms with van der Waals surface area (Å²) in [7, 11) is 0. The topological polar surface area (TPSA) is 96.9 Å². The molecule has 1 saturated carbocycles. The molecule has 2 rings (SSSR count). The van der Waals surface area contributed by atoms with Crippen molar-refractivity contribution in [2.75, 3.05) is 0 Å². The molecule has 4 N–H and O–H groups in total. The van der Waals surface area contributed by atoms with Crippen LogP contribution in [0.1, 0.15) is 44.1 Å². The highest BCUT2D eigenvalue weighted by atomic mass is 32.1. The summed E-state index contributed by atoms with van der Waals surface area (Å²) >= 11 is 1.48. The van der Waals surface area contributed by atoms with Crippen molar-refractivity contribution in [1.29, 1.82) is 0 Å². The first-order valence-corrected chi connectivity index (χ1v) is 7.22. The van der Waals surface area contributed by atoms with Crippen LogP contribution in [0, 0.1) is 0 Å². The molecule has 6 nitrogen and oxygen atoms in total. The number of oxime groups is 1. The van der Waals surface area contributed by atoms with Crippen LogP contribution in [0.2, 0.25) is 0 Å². The number of hydrogen-bond acceptors (Lipinski definition) is 5. The van der Waals surface area contributed by atoms with Gasteiger partial charge in [-0.25, -0.2) is 4.79 Å². The molecule has 0 saturated heterocycles. The Kier molecular flexibility index (Phi) is 3.64. The molecule has 0 spiro atoms. The van der Waals surface area contributed by atoms with Crippen molar-refractivity contribution < 1.29 is 14.7 Å². The van der Waals surface area contributed by atoms with E-state index in [0.717, 1.165) is 17.7 Å². The number of alkyl carbamates (subject to hydrolysis) is 1. The lowest BCUT2D eigenvalue weighted by Gasteiger charge is -2.22. The van der Waals surface area contributed by atoms with E-state index in [9.17, 15) is 4.79 Å². The van der Waals surface area contributed by atoms with E-state index in [2.05, 4.69) is 10.5 Å². The van der Waals surface area contributed by atoms with E-state index in [4.69, 9.17) is 15.7 Å². The molecule has 1 aliphatic rings. The second kappa shape index (κ2) is 4.97. The van der Waals surface area contributed by atoms with Gasteiger partial charge in [-0.3, -0.25) is 0 Å². The van der Waals surface area contributed by atoms with Crippen LogP contribution in [-0.2, 0) is 10.3 Å². The number of hydrogen-bond donors (Lipinski definition) is 3. The fourth-order valence-electron chi connectivity index (χ4n) is 1.84. The number of thiophene rings is 1. The zero-order chi connectivity index (χ0) is 15.0. The summed E-state index contributed by atoms with van der Waals surface area (Å²) in [5.41, 5.74) is 5.33. The Morgan fingerprint density at radius 3 is 2.70 bits per heavy atom. The lowest BCUT2D eigenvalue weighted by Crippen LogP contribution is -2.38. The maximum atomic E-state index is 11.9. The second-order valence-electron chi connectivity index (χ2n) is 5.89. The van der Waals surface area contributed by atoms with E-state index in [-0.39, 0.29) is 11.4 Å². The van der Waals surface area contributed by atoms with Gasteiger partial charge in [-0.1, -0.05) is 5.16 Å². The van der Waals surface area contributed by atoms with Gasteiger partial charge in [0.2, 0.25) is 0 Å². The molecule has 110 valence electrons. The van der Waals surface area contributed by atoms with E-state index in [0.29, 0.717) is 5.56 Å². The molecule has 0 radical (unpaired) electrons. The third kappa shape index (κ3) is 3.22. The maximum Gasteiger partial charge on any atom is 0.408 e. The van der Waals surface area contributed by atoms with Crippen molar-refractivity contribution in [2.45, 2.75) is 44.8 Å². The smallest absolute Gasteiger partial charge is 0.408 e. The summed E-state index contributed by atoms with van der Waals surface area (Å²) in [6.45, 7) is 5.48. The standard InChI is InChI=1S/C13H19N3O3S/c1-12(2,3)19-11(17)15-13(4-5-13)9-6-8(7-20-9)10(14)16-18/h6-7,18H,4-5H2,1-3H3,(H2,14,16)(H,15,17). The lowest BCUT2D eigenvalue weighted by atomic mass is 10.2. The van der Waals surface area contributed by atoms with Crippen LogP contribution in [0.25, 0.3) is 0 Å². The van der Waals surface area contributed by atoms with Crippen LogP contribution in [0.4, 0.5) is 4.79 Å². The Balaban J connectivity index is 2.08. The highest BCUT2D eigenvalue weighted by molar-refractivity contribution is 7.10. The van der Waals surface area contributed by atoms with Gasteiger partial charge in [-0.15, -0.1) is 11.3 Å². The zero-order valence-corrected chi connectivity index (χ0v) is 12.6. The van der Waals surface area contributed by atoms with Gasteiger partial charge < -0.3 is 21.0 Å². The first-order valence-electron chi connectivity index (χ1n) is 6.34. The van der Waals surface area contributed by atoms with Crippen molar-refractivity contribution in [1.82, 2.24) is 5.32 Å². The molecular formula is C13H19N3O3S. The minimum Gasteiger partial charge on any atom is -0.444 e. The van der Waals surface area contributed by atoms with Gasteiger partial charge in [0.1, 0.15) is 5.60 Å². The van der Waals surface area contributed by atoms with Crippen molar-refractivity contribution in [3.05, 3.63) is 21.9 Å². The zero-order valence-electron chi connectivity index (χ0n) is 11.8. The molecule has 0 atom stereocenters. The number of nitrogens with zero attached hydrogens (tertiary/aromatic N) is 1. The summed E-state index contributed by atoms with van der Waals surface area (Å²) in [6, 6.07) is 1.84. The van der Waals surface area contributed by atoms with Crippen molar-refractivity contribution >= 4 is 23.3 Å². The number of nitrogens with one attached hydrogen (secondary N) is 1. The number of amidine groups is 1. The molecule has 0 unspecified atom stereocenters. The van der Waals surface area contributed by atoms with Crippen molar-refractivity contribution in [3.8, 4) is 0 Å². The van der Waals surface area contributed by atoms with Crippen molar-refractivity contribution in [3.63, 3.8) is 0 Å². The van der Waals surface area contributed by atoms with Crippen LogP contribution in [0.15, 0.2) is 16.6 Å². The van der Waals surface area contributed by atoms with Crippen LogP contribution in [-0.4, -0.2) is 22.7 Å². The first-order chi connectivity index (χ1) is 9.26. The minimum absolute atomic E-state index is 0.0700. The molecule has 20 heavy (non-hydrogen) atoms. The predicted molar refractivity (Wildman–Crippen MR) is 77.1 cm³/mol. The SMILES string of the molecule is CC(C)(C)OC(=O)NC1(c2cc(/C(N)=N/O)cs2)CC1. The summed E-state index contributed by atoms with van der Waals surface area (Å²) in [5.74, 6) is 0.0700. The van der Waals surface area contributed by atoms with Gasteiger partial charge in [0.25, 0.3) is 0 Å². The molecule has 7 heteroatoms. The highest BCUT2D eigenvalue weighted by Crippen LogP contribution is 2.48. The average Bonchev–Trinajstić information content (AvgIpc) is 2.91. The van der Waals surface area contributed by atoms with Crippen molar-refractivity contribution in [2.24, 2.45) is 10.9 Å². The van der Waals surface area contributed by atoms with E-state index < -0.39 is 11.7 Å². The van der Waals surface area contributed by atoms with Gasteiger partial charge in [0.15, 0.2) is 5.84 Å². The number of nitrogens with two attached hydrogens (primary N) is 1.